The zero-order chi connectivity index (χ0) is 18.8. The molecule has 6 nitrogen and oxygen atoms in total. The highest BCUT2D eigenvalue weighted by Crippen LogP contribution is 2.14. The van der Waals surface area contributed by atoms with Crippen LogP contribution in [0.25, 0.3) is 0 Å². The van der Waals surface area contributed by atoms with Gasteiger partial charge in [0.15, 0.2) is 5.96 Å². The third-order valence-corrected chi connectivity index (χ3v) is 4.52. The van der Waals surface area contributed by atoms with E-state index in [9.17, 15) is 9.90 Å². The van der Waals surface area contributed by atoms with Crippen molar-refractivity contribution in [2.24, 2.45) is 10.9 Å². The number of carbonyl (C=O) groups is 1. The number of hydrogen-bond donors (Lipinski definition) is 4. The van der Waals surface area contributed by atoms with Gasteiger partial charge in [-0.15, -0.1) is 35.3 Å². The fourth-order valence-electron chi connectivity index (χ4n) is 2.35. The Hall–Kier alpha value is -1.81. The van der Waals surface area contributed by atoms with Gasteiger partial charge in [-0.1, -0.05) is 13.0 Å². The second-order valence-corrected chi connectivity index (χ2v) is 7.09. The summed E-state index contributed by atoms with van der Waals surface area (Å²) in [5.41, 5.74) is 0.630. The number of hydrogen-bond acceptors (Lipinski definition) is 4. The smallest absolute Gasteiger partial charge is 0.246 e. The number of aliphatic imine (C=N–C) groups is 1. The van der Waals surface area contributed by atoms with E-state index < -0.39 is 0 Å². The normalized spacial score (nSPS) is 12.0. The lowest BCUT2D eigenvalue weighted by atomic mass is 10.1. The number of phenols is 1. The van der Waals surface area contributed by atoms with Crippen molar-refractivity contribution in [3.63, 3.8) is 0 Å². The van der Waals surface area contributed by atoms with Crippen LogP contribution in [0.1, 0.15) is 18.7 Å². The number of benzene rings is 1. The molecule has 0 aliphatic heterocycles. The molecule has 8 heteroatoms. The Balaban J connectivity index is 0.00000364. The first-order valence-corrected chi connectivity index (χ1v) is 9.58. The van der Waals surface area contributed by atoms with E-state index >= 15 is 0 Å². The number of anilines is 1. The van der Waals surface area contributed by atoms with Crippen LogP contribution in [0.5, 0.6) is 5.75 Å². The molecule has 27 heavy (non-hydrogen) atoms. The molecular weight excluding hydrogens is 475 g/mol. The number of rotatable bonds is 8. The molecule has 0 saturated carbocycles. The van der Waals surface area contributed by atoms with Gasteiger partial charge in [0.2, 0.25) is 5.91 Å². The van der Waals surface area contributed by atoms with Crippen LogP contribution in [0.2, 0.25) is 0 Å². The lowest BCUT2D eigenvalue weighted by Crippen LogP contribution is -2.40. The number of thiophene rings is 1. The summed E-state index contributed by atoms with van der Waals surface area (Å²) in [4.78, 5) is 17.7. The average Bonchev–Trinajstić information content (AvgIpc) is 3.12. The van der Waals surface area contributed by atoms with Crippen molar-refractivity contribution in [2.75, 3.05) is 25.0 Å². The van der Waals surface area contributed by atoms with Crippen LogP contribution in [0.15, 0.2) is 46.8 Å². The maximum Gasteiger partial charge on any atom is 0.246 e. The molecular formula is C19H27IN4O2S. The van der Waals surface area contributed by atoms with Gasteiger partial charge in [0, 0.05) is 23.7 Å². The summed E-state index contributed by atoms with van der Waals surface area (Å²) < 4.78 is 0. The van der Waals surface area contributed by atoms with Gasteiger partial charge in [0.05, 0.1) is 0 Å². The molecule has 1 atom stereocenters. The molecule has 148 valence electrons. The maximum atomic E-state index is 12.0. The molecule has 1 aromatic heterocycles. The molecule has 0 fully saturated rings. The zero-order valence-corrected chi connectivity index (χ0v) is 18.7. The Morgan fingerprint density at radius 2 is 1.96 bits per heavy atom. The monoisotopic (exact) mass is 502 g/mol. The van der Waals surface area contributed by atoms with E-state index in [1.165, 1.54) is 17.0 Å². The molecule has 0 bridgehead atoms. The summed E-state index contributed by atoms with van der Waals surface area (Å²) in [5.74, 6) is 1.05. The minimum Gasteiger partial charge on any atom is -0.508 e. The van der Waals surface area contributed by atoms with Crippen molar-refractivity contribution in [1.82, 2.24) is 10.6 Å². The van der Waals surface area contributed by atoms with Crippen LogP contribution in [0.3, 0.4) is 0 Å². The summed E-state index contributed by atoms with van der Waals surface area (Å²) >= 11 is 1.77. The fourth-order valence-corrected chi connectivity index (χ4v) is 3.22. The van der Waals surface area contributed by atoms with Crippen LogP contribution < -0.4 is 16.0 Å². The summed E-state index contributed by atoms with van der Waals surface area (Å²) in [6.45, 7) is 5.71. The molecule has 2 rings (SSSR count). The molecule has 0 saturated heterocycles. The van der Waals surface area contributed by atoms with Gasteiger partial charge in [-0.25, -0.2) is 4.99 Å². The van der Waals surface area contributed by atoms with E-state index in [-0.39, 0.29) is 42.2 Å². The number of phenolic OH excluding ortho intramolecular Hbond substituents is 1. The van der Waals surface area contributed by atoms with E-state index in [1.54, 1.807) is 23.5 Å². The first-order valence-electron chi connectivity index (χ1n) is 8.70. The summed E-state index contributed by atoms with van der Waals surface area (Å²) in [5, 5.41) is 20.5. The van der Waals surface area contributed by atoms with Gasteiger partial charge in [-0.3, -0.25) is 4.79 Å². The highest BCUT2D eigenvalue weighted by molar-refractivity contribution is 14.0. The van der Waals surface area contributed by atoms with Gasteiger partial charge in [0.1, 0.15) is 12.3 Å². The average molecular weight is 502 g/mol. The Morgan fingerprint density at radius 1 is 1.22 bits per heavy atom. The number of carbonyl (C=O) groups excluding carboxylic acids is 1. The van der Waals surface area contributed by atoms with Crippen LogP contribution in [-0.2, 0) is 11.2 Å². The minimum absolute atomic E-state index is 0. The zero-order valence-electron chi connectivity index (χ0n) is 15.6. The predicted molar refractivity (Wildman–Crippen MR) is 123 cm³/mol. The molecule has 4 N–H and O–H groups in total. The second kappa shape index (κ2) is 12.6. The Kier molecular flexibility index (Phi) is 10.8. The highest BCUT2D eigenvalue weighted by atomic mass is 127. The van der Waals surface area contributed by atoms with Crippen molar-refractivity contribution >= 4 is 52.9 Å². The molecule has 1 heterocycles. The van der Waals surface area contributed by atoms with Gasteiger partial charge < -0.3 is 21.1 Å². The standard InChI is InChI=1S/C19H26N4O2S.HI/c1-3-20-19(21-12-14(2)11-17-5-4-10-26-17)22-13-18(25)23-15-6-8-16(24)9-7-15;/h4-10,14,24H,3,11-13H2,1-2H3,(H,23,25)(H2,20,21,22);1H. The minimum atomic E-state index is -0.209. The molecule has 0 radical (unpaired) electrons. The highest BCUT2D eigenvalue weighted by Gasteiger charge is 2.07. The lowest BCUT2D eigenvalue weighted by Gasteiger charge is -2.15. The van der Waals surface area contributed by atoms with E-state index in [0.717, 1.165) is 19.5 Å². The molecule has 1 aromatic carbocycles. The third kappa shape index (κ3) is 9.09. The van der Waals surface area contributed by atoms with Crippen molar-refractivity contribution in [2.45, 2.75) is 20.3 Å². The van der Waals surface area contributed by atoms with Crippen molar-refractivity contribution < 1.29 is 9.90 Å². The number of nitrogens with zero attached hydrogens (tertiary/aromatic N) is 1. The van der Waals surface area contributed by atoms with Crippen LogP contribution >= 0.6 is 35.3 Å². The summed E-state index contributed by atoms with van der Waals surface area (Å²) in [6, 6.07) is 10.6. The molecule has 0 spiro atoms. The van der Waals surface area contributed by atoms with E-state index in [0.29, 0.717) is 17.6 Å². The van der Waals surface area contributed by atoms with Crippen LogP contribution in [-0.4, -0.2) is 36.6 Å². The topological polar surface area (TPSA) is 85.8 Å². The molecule has 1 unspecified atom stereocenters. The lowest BCUT2D eigenvalue weighted by molar-refractivity contribution is -0.114. The second-order valence-electron chi connectivity index (χ2n) is 6.06. The van der Waals surface area contributed by atoms with Gasteiger partial charge in [0.25, 0.3) is 0 Å². The molecule has 2 aromatic rings. The Morgan fingerprint density at radius 3 is 2.59 bits per heavy atom. The predicted octanol–water partition coefficient (Wildman–Crippen LogP) is 3.44. The van der Waals surface area contributed by atoms with Crippen LogP contribution in [0.4, 0.5) is 5.69 Å². The van der Waals surface area contributed by atoms with Gasteiger partial charge >= 0.3 is 0 Å². The maximum absolute atomic E-state index is 12.0. The number of aromatic hydroxyl groups is 1. The van der Waals surface area contributed by atoms with E-state index in [2.05, 4.69) is 45.4 Å². The van der Waals surface area contributed by atoms with E-state index in [4.69, 9.17) is 0 Å². The number of halogens is 1. The molecule has 0 aliphatic rings. The van der Waals surface area contributed by atoms with Crippen molar-refractivity contribution in [3.8, 4) is 5.75 Å². The number of nitrogens with one attached hydrogen (secondary N) is 3. The fraction of sp³-hybridized carbons (Fsp3) is 0.368. The first kappa shape index (κ1) is 23.2. The summed E-state index contributed by atoms with van der Waals surface area (Å²) in [7, 11) is 0. The SMILES string of the molecule is CCNC(=NCC(=O)Nc1ccc(O)cc1)NCC(C)Cc1cccs1.I. The molecule has 0 aliphatic carbocycles. The van der Waals surface area contributed by atoms with Gasteiger partial charge in [-0.2, -0.15) is 0 Å². The Labute approximate surface area is 181 Å². The Bertz CT molecular complexity index is 705. The van der Waals surface area contributed by atoms with Crippen molar-refractivity contribution in [1.29, 1.82) is 0 Å². The van der Waals surface area contributed by atoms with Crippen LogP contribution in [0, 0.1) is 5.92 Å². The van der Waals surface area contributed by atoms with E-state index in [1.807, 2.05) is 6.92 Å². The molecule has 1 amide bonds. The largest absolute Gasteiger partial charge is 0.508 e. The van der Waals surface area contributed by atoms with Crippen molar-refractivity contribution in [3.05, 3.63) is 46.7 Å². The third-order valence-electron chi connectivity index (χ3n) is 3.62. The summed E-state index contributed by atoms with van der Waals surface area (Å²) in [6.07, 6.45) is 1.02. The van der Waals surface area contributed by atoms with Gasteiger partial charge in [-0.05, 0) is 55.0 Å². The first-order chi connectivity index (χ1) is 12.6. The number of amides is 1. The quantitative estimate of drug-likeness (QED) is 0.193. The number of guanidine groups is 1.